The van der Waals surface area contributed by atoms with Gasteiger partial charge in [-0.15, -0.1) is 0 Å². The fourth-order valence-electron chi connectivity index (χ4n) is 3.41. The lowest BCUT2D eigenvalue weighted by Crippen LogP contribution is -2.21. The fourth-order valence-corrected chi connectivity index (χ4v) is 3.41. The Morgan fingerprint density at radius 3 is 2.11 bits per heavy atom. The van der Waals surface area contributed by atoms with Crippen molar-refractivity contribution in [3.05, 3.63) is 53.2 Å². The van der Waals surface area contributed by atoms with E-state index in [1.165, 1.54) is 12.1 Å². The van der Waals surface area contributed by atoms with Crippen molar-refractivity contribution in [3.63, 3.8) is 0 Å². The molecule has 13 heteroatoms. The number of H-pyrrole nitrogens is 1. The number of aliphatic carboxylic acids is 1. The summed E-state index contributed by atoms with van der Waals surface area (Å²) in [6.45, 7) is 8.06. The lowest BCUT2D eigenvalue weighted by atomic mass is 9.92. The first-order chi connectivity index (χ1) is 16.9. The number of fused-ring (bicyclic) bond motifs is 1. The third-order valence-corrected chi connectivity index (χ3v) is 5.30. The molecule has 2 N–H and O–H groups in total. The van der Waals surface area contributed by atoms with E-state index in [9.17, 15) is 26.3 Å². The highest BCUT2D eigenvalue weighted by Crippen LogP contribution is 2.37. The van der Waals surface area contributed by atoms with E-state index in [2.05, 4.69) is 40.8 Å². The van der Waals surface area contributed by atoms with Crippen molar-refractivity contribution >= 4 is 17.1 Å². The van der Waals surface area contributed by atoms with Gasteiger partial charge in [0.05, 0.1) is 22.5 Å². The SMILES string of the molecule is Cc1cc(-c2ccccc2C(F)(F)F)nc2nc(-c3cc(C(C)(C)C)nn3C)[nH]c12.O=C(O)C(F)(F)F. The van der Waals surface area contributed by atoms with Gasteiger partial charge in [-0.3, -0.25) is 4.68 Å². The van der Waals surface area contributed by atoms with E-state index in [0.717, 1.165) is 23.0 Å². The van der Waals surface area contributed by atoms with Gasteiger partial charge < -0.3 is 10.1 Å². The fraction of sp³-hybridized carbons (Fsp3) is 0.333. The number of nitrogens with zero attached hydrogens (tertiary/aromatic N) is 4. The maximum atomic E-state index is 13.5. The molecule has 37 heavy (non-hydrogen) atoms. The minimum atomic E-state index is -5.08. The van der Waals surface area contributed by atoms with Crippen LogP contribution in [0, 0.1) is 6.92 Å². The van der Waals surface area contributed by atoms with Gasteiger partial charge in [0.1, 0.15) is 5.69 Å². The van der Waals surface area contributed by atoms with Crippen LogP contribution in [0.15, 0.2) is 36.4 Å². The van der Waals surface area contributed by atoms with Crippen molar-refractivity contribution in [3.8, 4) is 22.8 Å². The van der Waals surface area contributed by atoms with Crippen molar-refractivity contribution in [1.29, 1.82) is 0 Å². The molecule has 0 unspecified atom stereocenters. The summed E-state index contributed by atoms with van der Waals surface area (Å²) in [5, 5.41) is 11.7. The minimum absolute atomic E-state index is 0.0371. The topological polar surface area (TPSA) is 96.7 Å². The normalized spacial score (nSPS) is 12.4. The number of pyridine rings is 1. The monoisotopic (exact) mass is 527 g/mol. The Bertz CT molecular complexity index is 1440. The third kappa shape index (κ3) is 6.09. The molecular formula is C24H23F6N5O2. The van der Waals surface area contributed by atoms with E-state index >= 15 is 0 Å². The molecule has 1 aromatic carbocycles. The van der Waals surface area contributed by atoms with E-state index in [1.807, 2.05) is 20.0 Å². The van der Waals surface area contributed by atoms with Gasteiger partial charge in [-0.05, 0) is 30.7 Å². The van der Waals surface area contributed by atoms with Crippen LogP contribution in [0.5, 0.6) is 0 Å². The maximum Gasteiger partial charge on any atom is 0.490 e. The summed E-state index contributed by atoms with van der Waals surface area (Å²) < 4.78 is 73.9. The van der Waals surface area contributed by atoms with Crippen LogP contribution in [0.2, 0.25) is 0 Å². The number of aromatic nitrogens is 5. The molecule has 0 saturated heterocycles. The summed E-state index contributed by atoms with van der Waals surface area (Å²) in [6.07, 6.45) is -9.55. The van der Waals surface area contributed by atoms with Crippen molar-refractivity contribution in [1.82, 2.24) is 24.7 Å². The molecule has 0 fully saturated rings. The van der Waals surface area contributed by atoms with Crippen molar-refractivity contribution in [2.24, 2.45) is 7.05 Å². The number of carboxylic acid groups (broad SMARTS) is 1. The molecule has 3 aromatic heterocycles. The predicted octanol–water partition coefficient (Wildman–Crippen LogP) is 6.28. The third-order valence-electron chi connectivity index (χ3n) is 5.30. The summed E-state index contributed by atoms with van der Waals surface area (Å²) in [7, 11) is 1.84. The number of aromatic amines is 1. The second-order valence-electron chi connectivity index (χ2n) is 9.24. The Morgan fingerprint density at radius 2 is 1.59 bits per heavy atom. The average molecular weight is 527 g/mol. The lowest BCUT2D eigenvalue weighted by molar-refractivity contribution is -0.192. The van der Waals surface area contributed by atoms with Gasteiger partial charge in [-0.1, -0.05) is 39.0 Å². The van der Waals surface area contributed by atoms with Crippen molar-refractivity contribution in [2.75, 3.05) is 0 Å². The molecule has 0 radical (unpaired) electrons. The number of carboxylic acids is 1. The standard InChI is InChI=1S/C22H22F3N5.C2HF3O2/c1-12-10-15(13-8-6-7-9-14(13)22(23,24)25)26-20-18(12)27-19(28-20)16-11-17(21(2,3)4)29-30(16)5;3-2(4,5)1(6)7/h6-11H,1-5H3,(H,26,27,28);(H,6,7). The number of hydrogen-bond acceptors (Lipinski definition) is 4. The summed E-state index contributed by atoms with van der Waals surface area (Å²) in [5.74, 6) is -2.18. The number of carbonyl (C=O) groups is 1. The van der Waals surface area contributed by atoms with E-state index in [4.69, 9.17) is 9.90 Å². The zero-order valence-corrected chi connectivity index (χ0v) is 20.4. The van der Waals surface area contributed by atoms with Crippen LogP contribution in [0.25, 0.3) is 33.9 Å². The van der Waals surface area contributed by atoms with Crippen LogP contribution >= 0.6 is 0 Å². The van der Waals surface area contributed by atoms with Crippen LogP contribution in [-0.2, 0) is 23.4 Å². The highest BCUT2D eigenvalue weighted by Gasteiger charge is 2.38. The van der Waals surface area contributed by atoms with Gasteiger partial charge >= 0.3 is 18.3 Å². The molecule has 0 spiro atoms. The Kier molecular flexibility index (Phi) is 7.12. The Hall–Kier alpha value is -3.90. The lowest BCUT2D eigenvalue weighted by Gasteiger charge is -2.13. The summed E-state index contributed by atoms with van der Waals surface area (Å²) >= 11 is 0. The molecular weight excluding hydrogens is 504 g/mol. The minimum Gasteiger partial charge on any atom is -0.475 e. The first-order valence-corrected chi connectivity index (χ1v) is 10.8. The van der Waals surface area contributed by atoms with Crippen LogP contribution in [-0.4, -0.2) is 42.0 Å². The number of imidazole rings is 1. The van der Waals surface area contributed by atoms with E-state index in [1.54, 1.807) is 16.8 Å². The summed E-state index contributed by atoms with van der Waals surface area (Å²) in [6, 6.07) is 9.06. The maximum absolute atomic E-state index is 13.5. The van der Waals surface area contributed by atoms with Crippen LogP contribution in [0.1, 0.15) is 37.6 Å². The number of aryl methyl sites for hydroxylation is 2. The van der Waals surface area contributed by atoms with Crippen LogP contribution in [0.3, 0.4) is 0 Å². The Labute approximate surface area is 207 Å². The van der Waals surface area contributed by atoms with Crippen molar-refractivity contribution in [2.45, 2.75) is 45.5 Å². The quantitative estimate of drug-likeness (QED) is 0.299. The molecule has 0 saturated carbocycles. The van der Waals surface area contributed by atoms with Gasteiger partial charge in [-0.2, -0.15) is 31.4 Å². The molecule has 0 bridgehead atoms. The molecule has 3 heterocycles. The Balaban J connectivity index is 0.000000479. The molecule has 7 nitrogen and oxygen atoms in total. The molecule has 0 atom stereocenters. The number of nitrogens with one attached hydrogen (secondary N) is 1. The first-order valence-electron chi connectivity index (χ1n) is 10.8. The molecule has 4 aromatic rings. The number of halogens is 6. The predicted molar refractivity (Wildman–Crippen MR) is 124 cm³/mol. The van der Waals surface area contributed by atoms with Crippen molar-refractivity contribution < 1.29 is 36.2 Å². The Morgan fingerprint density at radius 1 is 1.00 bits per heavy atom. The zero-order chi connectivity index (χ0) is 27.9. The van der Waals surface area contributed by atoms with E-state index in [-0.39, 0.29) is 16.7 Å². The molecule has 0 aliphatic rings. The second-order valence-corrected chi connectivity index (χ2v) is 9.24. The van der Waals surface area contributed by atoms with Crippen LogP contribution in [0.4, 0.5) is 26.3 Å². The molecule has 0 aliphatic heterocycles. The van der Waals surface area contributed by atoms with Gasteiger partial charge in [0.15, 0.2) is 11.5 Å². The molecule has 198 valence electrons. The highest BCUT2D eigenvalue weighted by molar-refractivity contribution is 5.82. The smallest absolute Gasteiger partial charge is 0.475 e. The van der Waals surface area contributed by atoms with Gasteiger partial charge in [0, 0.05) is 18.0 Å². The average Bonchev–Trinajstić information content (AvgIpc) is 3.36. The van der Waals surface area contributed by atoms with Gasteiger partial charge in [-0.25, -0.2) is 14.8 Å². The number of benzene rings is 1. The van der Waals surface area contributed by atoms with Crippen LogP contribution < -0.4 is 0 Å². The number of hydrogen-bond donors (Lipinski definition) is 2. The summed E-state index contributed by atoms with van der Waals surface area (Å²) in [5.41, 5.74) is 2.98. The van der Waals surface area contributed by atoms with E-state index < -0.39 is 23.9 Å². The van der Waals surface area contributed by atoms with Gasteiger partial charge in [0.25, 0.3) is 0 Å². The van der Waals surface area contributed by atoms with Gasteiger partial charge in [0.2, 0.25) is 0 Å². The highest BCUT2D eigenvalue weighted by atomic mass is 19.4. The second kappa shape index (κ2) is 9.52. The number of rotatable bonds is 2. The molecule has 4 rings (SSSR count). The first kappa shape index (κ1) is 27.7. The summed E-state index contributed by atoms with van der Waals surface area (Å²) in [4.78, 5) is 21.2. The number of alkyl halides is 6. The zero-order valence-electron chi connectivity index (χ0n) is 20.4. The van der Waals surface area contributed by atoms with E-state index in [0.29, 0.717) is 17.0 Å². The largest absolute Gasteiger partial charge is 0.490 e. The molecule has 0 amide bonds. The molecule has 0 aliphatic carbocycles.